The first-order valence-electron chi connectivity index (χ1n) is 9.68. The molecule has 3 aromatic rings. The molecular weight excluding hydrogens is 495 g/mol. The zero-order chi connectivity index (χ0) is 21.1. The fourth-order valence-corrected chi connectivity index (χ4v) is 3.97. The SMILES string of the molecule is C[C@H](/C=C(\OC(=O)Cc1ccccc1)N1CCOC1=O)c1c[nH]c2ccc(I)cc12. The molecule has 0 radical (unpaired) electrons. The Morgan fingerprint density at radius 2 is 2.10 bits per heavy atom. The lowest BCUT2D eigenvalue weighted by atomic mass is 10.0. The van der Waals surface area contributed by atoms with Gasteiger partial charge < -0.3 is 14.5 Å². The van der Waals surface area contributed by atoms with E-state index in [1.54, 1.807) is 6.08 Å². The van der Waals surface area contributed by atoms with Gasteiger partial charge in [0.1, 0.15) is 6.61 Å². The number of carbonyl (C=O) groups excluding carboxylic acids is 2. The van der Waals surface area contributed by atoms with Crippen LogP contribution in [-0.4, -0.2) is 35.1 Å². The number of fused-ring (bicyclic) bond motifs is 1. The highest BCUT2D eigenvalue weighted by atomic mass is 127. The van der Waals surface area contributed by atoms with Gasteiger partial charge in [0.05, 0.1) is 13.0 Å². The standard InChI is InChI=1S/C23H21IN2O4/c1-15(19-14-25-20-8-7-17(24)13-18(19)20)11-21(26-9-10-29-23(26)28)30-22(27)12-16-5-3-2-4-6-16/h2-8,11,13-15,25H,9-10,12H2,1H3/b21-11-/t15-/m1/s1. The van der Waals surface area contributed by atoms with Crippen molar-refractivity contribution in [1.29, 1.82) is 0 Å². The van der Waals surface area contributed by atoms with Gasteiger partial charge in [-0.05, 0) is 58.0 Å². The minimum Gasteiger partial charge on any atom is -0.447 e. The van der Waals surface area contributed by atoms with Gasteiger partial charge in [-0.15, -0.1) is 0 Å². The summed E-state index contributed by atoms with van der Waals surface area (Å²) in [6.45, 7) is 2.63. The van der Waals surface area contributed by atoms with Crippen molar-refractivity contribution in [1.82, 2.24) is 9.88 Å². The molecule has 0 saturated carbocycles. The highest BCUT2D eigenvalue weighted by Crippen LogP contribution is 2.29. The number of H-pyrrole nitrogens is 1. The lowest BCUT2D eigenvalue weighted by molar-refractivity contribution is -0.140. The summed E-state index contributed by atoms with van der Waals surface area (Å²) in [5.74, 6) is -0.302. The monoisotopic (exact) mass is 516 g/mol. The van der Waals surface area contributed by atoms with Gasteiger partial charge in [-0.1, -0.05) is 37.3 Å². The first-order valence-corrected chi connectivity index (χ1v) is 10.8. The van der Waals surface area contributed by atoms with E-state index >= 15 is 0 Å². The zero-order valence-electron chi connectivity index (χ0n) is 16.4. The average Bonchev–Trinajstić information content (AvgIpc) is 3.34. The molecule has 1 atom stereocenters. The summed E-state index contributed by atoms with van der Waals surface area (Å²) < 4.78 is 11.8. The van der Waals surface area contributed by atoms with Crippen LogP contribution in [0.25, 0.3) is 10.9 Å². The summed E-state index contributed by atoms with van der Waals surface area (Å²) in [6, 6.07) is 15.6. The van der Waals surface area contributed by atoms with Gasteiger partial charge in [0, 0.05) is 26.6 Å². The number of hydrogen-bond acceptors (Lipinski definition) is 4. The Morgan fingerprint density at radius 1 is 1.30 bits per heavy atom. The molecule has 1 N–H and O–H groups in total. The van der Waals surface area contributed by atoms with Crippen molar-refractivity contribution >= 4 is 45.6 Å². The van der Waals surface area contributed by atoms with E-state index in [2.05, 4.69) is 33.6 Å². The largest absolute Gasteiger partial charge is 0.447 e. The zero-order valence-corrected chi connectivity index (χ0v) is 18.6. The van der Waals surface area contributed by atoms with E-state index in [9.17, 15) is 9.59 Å². The molecular formula is C23H21IN2O4. The topological polar surface area (TPSA) is 71.6 Å². The number of amides is 1. The van der Waals surface area contributed by atoms with E-state index in [-0.39, 0.29) is 24.8 Å². The van der Waals surface area contributed by atoms with Crippen molar-refractivity contribution in [3.8, 4) is 0 Å². The number of allylic oxidation sites excluding steroid dienone is 1. The maximum Gasteiger partial charge on any atom is 0.416 e. The minimum absolute atomic E-state index is 0.0927. The number of ether oxygens (including phenoxy) is 2. The number of halogens is 1. The van der Waals surface area contributed by atoms with Crippen LogP contribution < -0.4 is 0 Å². The van der Waals surface area contributed by atoms with E-state index in [1.807, 2.05) is 55.6 Å². The second kappa shape index (κ2) is 8.91. The highest BCUT2D eigenvalue weighted by molar-refractivity contribution is 14.1. The van der Waals surface area contributed by atoms with E-state index < -0.39 is 12.1 Å². The van der Waals surface area contributed by atoms with Crippen molar-refractivity contribution in [2.75, 3.05) is 13.2 Å². The first kappa shape index (κ1) is 20.5. The van der Waals surface area contributed by atoms with Gasteiger partial charge in [-0.25, -0.2) is 9.69 Å². The van der Waals surface area contributed by atoms with E-state index in [0.29, 0.717) is 6.54 Å². The predicted octanol–water partition coefficient (Wildman–Crippen LogP) is 4.96. The van der Waals surface area contributed by atoms with Gasteiger partial charge in [0.25, 0.3) is 0 Å². The van der Waals surface area contributed by atoms with Crippen LogP contribution in [0.2, 0.25) is 0 Å². The maximum atomic E-state index is 12.6. The van der Waals surface area contributed by atoms with Crippen LogP contribution in [-0.2, 0) is 20.7 Å². The summed E-state index contributed by atoms with van der Waals surface area (Å²) in [5.41, 5.74) is 2.95. The van der Waals surface area contributed by atoms with Crippen molar-refractivity contribution in [2.24, 2.45) is 0 Å². The number of nitrogens with zero attached hydrogens (tertiary/aromatic N) is 1. The molecule has 1 aliphatic rings. The molecule has 7 heteroatoms. The summed E-state index contributed by atoms with van der Waals surface area (Å²) in [4.78, 5) is 29.4. The van der Waals surface area contributed by atoms with Crippen LogP contribution in [0.15, 0.2) is 66.7 Å². The van der Waals surface area contributed by atoms with E-state index in [1.165, 1.54) is 4.90 Å². The Hall–Kier alpha value is -2.81. The average molecular weight is 516 g/mol. The number of aromatic nitrogens is 1. The Morgan fingerprint density at radius 3 is 2.83 bits per heavy atom. The second-order valence-corrected chi connectivity index (χ2v) is 8.38. The fraction of sp³-hybridized carbons (Fsp3) is 0.217. The van der Waals surface area contributed by atoms with Crippen molar-refractivity contribution in [3.63, 3.8) is 0 Å². The molecule has 30 heavy (non-hydrogen) atoms. The summed E-state index contributed by atoms with van der Waals surface area (Å²) in [6.07, 6.45) is 3.38. The number of benzene rings is 2. The number of rotatable bonds is 6. The van der Waals surface area contributed by atoms with Gasteiger partial charge in [-0.2, -0.15) is 0 Å². The van der Waals surface area contributed by atoms with Gasteiger partial charge in [0.15, 0.2) is 0 Å². The highest BCUT2D eigenvalue weighted by Gasteiger charge is 2.29. The molecule has 1 aromatic heterocycles. The van der Waals surface area contributed by atoms with E-state index in [0.717, 1.165) is 25.6 Å². The number of nitrogens with one attached hydrogen (secondary N) is 1. The molecule has 4 rings (SSSR count). The second-order valence-electron chi connectivity index (χ2n) is 7.13. The van der Waals surface area contributed by atoms with Gasteiger partial charge in [-0.3, -0.25) is 4.79 Å². The summed E-state index contributed by atoms with van der Waals surface area (Å²) >= 11 is 2.28. The van der Waals surface area contributed by atoms with Crippen LogP contribution in [0.5, 0.6) is 0 Å². The third-order valence-electron chi connectivity index (χ3n) is 5.00. The molecule has 2 heterocycles. The molecule has 0 unspecified atom stereocenters. The maximum absolute atomic E-state index is 12.6. The number of hydrogen-bond donors (Lipinski definition) is 1. The number of esters is 1. The lowest BCUT2D eigenvalue weighted by Crippen LogP contribution is -2.27. The Bertz CT molecular complexity index is 1110. The lowest BCUT2D eigenvalue weighted by Gasteiger charge is -2.18. The normalized spacial score (nSPS) is 15.3. The molecule has 1 amide bonds. The van der Waals surface area contributed by atoms with Gasteiger partial charge >= 0.3 is 12.1 Å². The number of aromatic amines is 1. The smallest absolute Gasteiger partial charge is 0.416 e. The Kier molecular flexibility index (Phi) is 6.08. The van der Waals surface area contributed by atoms with Crippen molar-refractivity contribution in [2.45, 2.75) is 19.3 Å². The molecule has 0 spiro atoms. The van der Waals surface area contributed by atoms with Gasteiger partial charge in [0.2, 0.25) is 5.88 Å². The molecule has 2 aromatic carbocycles. The Balaban J connectivity index is 1.61. The molecule has 1 fully saturated rings. The molecule has 1 aliphatic heterocycles. The third kappa shape index (κ3) is 4.51. The summed E-state index contributed by atoms with van der Waals surface area (Å²) in [7, 11) is 0. The van der Waals surface area contributed by atoms with Crippen LogP contribution in [0.4, 0.5) is 4.79 Å². The first-order chi connectivity index (χ1) is 14.5. The molecule has 1 saturated heterocycles. The van der Waals surface area contributed by atoms with Crippen LogP contribution >= 0.6 is 22.6 Å². The van der Waals surface area contributed by atoms with Crippen LogP contribution in [0.3, 0.4) is 0 Å². The molecule has 154 valence electrons. The number of cyclic esters (lactones) is 1. The molecule has 0 aliphatic carbocycles. The minimum atomic E-state index is -0.505. The van der Waals surface area contributed by atoms with Crippen LogP contribution in [0, 0.1) is 3.57 Å². The fourth-order valence-electron chi connectivity index (χ4n) is 3.48. The summed E-state index contributed by atoms with van der Waals surface area (Å²) in [5, 5.41) is 1.10. The Labute approximate surface area is 188 Å². The molecule has 0 bridgehead atoms. The molecule has 6 nitrogen and oxygen atoms in total. The number of carbonyl (C=O) groups is 2. The van der Waals surface area contributed by atoms with Crippen molar-refractivity contribution in [3.05, 3.63) is 81.4 Å². The van der Waals surface area contributed by atoms with Crippen LogP contribution in [0.1, 0.15) is 24.0 Å². The predicted molar refractivity (Wildman–Crippen MR) is 122 cm³/mol. The quantitative estimate of drug-likeness (QED) is 0.286. The van der Waals surface area contributed by atoms with E-state index in [4.69, 9.17) is 9.47 Å². The third-order valence-corrected chi connectivity index (χ3v) is 5.67. The van der Waals surface area contributed by atoms with Crippen molar-refractivity contribution < 1.29 is 19.1 Å².